The average molecular weight is 241 g/mol. The second-order valence-electron chi connectivity index (χ2n) is 3.39. The van der Waals surface area contributed by atoms with Crippen molar-refractivity contribution in [1.82, 2.24) is 4.72 Å². The second-order valence-corrected chi connectivity index (χ2v) is 5.16. The van der Waals surface area contributed by atoms with Crippen LogP contribution in [0.1, 0.15) is 5.56 Å². The fourth-order valence-electron chi connectivity index (χ4n) is 1.04. The molecule has 1 atom stereocenters. The van der Waals surface area contributed by atoms with Gasteiger partial charge in [0.15, 0.2) is 0 Å². The lowest BCUT2D eigenvalue weighted by Gasteiger charge is -2.07. The zero-order chi connectivity index (χ0) is 12.2. The van der Waals surface area contributed by atoms with Gasteiger partial charge in [0.1, 0.15) is 0 Å². The molecule has 0 aromatic heterocycles. The molecule has 0 fully saturated rings. The molecular formula is C10H13N2O3S. The van der Waals surface area contributed by atoms with Gasteiger partial charge in [-0.3, -0.25) is 4.79 Å². The summed E-state index contributed by atoms with van der Waals surface area (Å²) >= 11 is 0. The van der Waals surface area contributed by atoms with Crippen LogP contribution in [-0.2, 0) is 14.8 Å². The van der Waals surface area contributed by atoms with Crippen LogP contribution in [0.3, 0.4) is 0 Å². The minimum Gasteiger partial charge on any atom is -0.320 e. The molecule has 1 radical (unpaired) electrons. The second kappa shape index (κ2) is 5.20. The molecule has 0 aliphatic carbocycles. The standard InChI is InChI=1S/C10H13N2O3S/c1-8-2-4-10(5-3-8)16(14,15)12-6-9(11)7-13/h2-5,9,12H,6,11H2,1H3. The molecule has 0 saturated heterocycles. The van der Waals surface area contributed by atoms with Gasteiger partial charge in [-0.15, -0.1) is 0 Å². The SMILES string of the molecule is Cc1ccc(S(=O)(=O)NCC(N)[C]=O)cc1. The van der Waals surface area contributed by atoms with Gasteiger partial charge in [-0.05, 0) is 19.1 Å². The van der Waals surface area contributed by atoms with E-state index in [2.05, 4.69) is 4.72 Å². The highest BCUT2D eigenvalue weighted by molar-refractivity contribution is 7.89. The Morgan fingerprint density at radius 3 is 2.44 bits per heavy atom. The number of sulfonamides is 1. The quantitative estimate of drug-likeness (QED) is 0.741. The number of aryl methyl sites for hydroxylation is 1. The highest BCUT2D eigenvalue weighted by atomic mass is 32.2. The van der Waals surface area contributed by atoms with Crippen molar-refractivity contribution in [2.45, 2.75) is 17.9 Å². The maximum Gasteiger partial charge on any atom is 0.240 e. The topological polar surface area (TPSA) is 89.3 Å². The summed E-state index contributed by atoms with van der Waals surface area (Å²) in [5.41, 5.74) is 6.20. The van der Waals surface area contributed by atoms with Gasteiger partial charge in [-0.2, -0.15) is 0 Å². The van der Waals surface area contributed by atoms with Crippen LogP contribution in [0.2, 0.25) is 0 Å². The summed E-state index contributed by atoms with van der Waals surface area (Å²) in [6.07, 6.45) is 1.50. The van der Waals surface area contributed by atoms with E-state index >= 15 is 0 Å². The van der Waals surface area contributed by atoms with E-state index in [1.807, 2.05) is 6.92 Å². The largest absolute Gasteiger partial charge is 0.320 e. The van der Waals surface area contributed by atoms with Crippen LogP contribution in [0.5, 0.6) is 0 Å². The van der Waals surface area contributed by atoms with E-state index in [9.17, 15) is 13.2 Å². The van der Waals surface area contributed by atoms with Crippen LogP contribution in [0.15, 0.2) is 29.2 Å². The third-order valence-corrected chi connectivity index (χ3v) is 3.42. The van der Waals surface area contributed by atoms with Gasteiger partial charge in [0.05, 0.1) is 10.9 Å². The third kappa shape index (κ3) is 3.41. The summed E-state index contributed by atoms with van der Waals surface area (Å²) in [5.74, 6) is 0. The number of nitrogens with two attached hydrogens (primary N) is 1. The lowest BCUT2D eigenvalue weighted by atomic mass is 10.2. The van der Waals surface area contributed by atoms with Crippen molar-refractivity contribution in [1.29, 1.82) is 0 Å². The lowest BCUT2D eigenvalue weighted by molar-refractivity contribution is 0.537. The lowest BCUT2D eigenvalue weighted by Crippen LogP contribution is -2.38. The van der Waals surface area contributed by atoms with Gasteiger partial charge >= 0.3 is 0 Å². The van der Waals surface area contributed by atoms with Crippen molar-refractivity contribution >= 4 is 16.3 Å². The van der Waals surface area contributed by atoms with E-state index in [1.54, 1.807) is 12.1 Å². The Labute approximate surface area is 94.7 Å². The molecule has 0 spiro atoms. The smallest absolute Gasteiger partial charge is 0.240 e. The number of rotatable bonds is 5. The molecule has 1 aromatic carbocycles. The van der Waals surface area contributed by atoms with Gasteiger partial charge in [0.25, 0.3) is 0 Å². The minimum atomic E-state index is -3.59. The Hall–Kier alpha value is -1.24. The van der Waals surface area contributed by atoms with Gasteiger partial charge in [0.2, 0.25) is 16.3 Å². The molecule has 1 aromatic rings. The summed E-state index contributed by atoms with van der Waals surface area (Å²) < 4.78 is 25.6. The van der Waals surface area contributed by atoms with Gasteiger partial charge in [-0.25, -0.2) is 13.1 Å². The molecule has 0 aliphatic rings. The molecule has 16 heavy (non-hydrogen) atoms. The predicted molar refractivity (Wildman–Crippen MR) is 60.0 cm³/mol. The Morgan fingerprint density at radius 2 is 1.94 bits per heavy atom. The van der Waals surface area contributed by atoms with Crippen LogP contribution in [-0.4, -0.2) is 27.3 Å². The maximum atomic E-state index is 11.7. The van der Waals surface area contributed by atoms with E-state index < -0.39 is 16.1 Å². The van der Waals surface area contributed by atoms with Crippen LogP contribution in [0, 0.1) is 6.92 Å². The summed E-state index contributed by atoms with van der Waals surface area (Å²) in [4.78, 5) is 10.3. The normalized spacial score (nSPS) is 13.4. The highest BCUT2D eigenvalue weighted by Gasteiger charge is 2.14. The Morgan fingerprint density at radius 1 is 1.38 bits per heavy atom. The summed E-state index contributed by atoms with van der Waals surface area (Å²) in [5, 5.41) is 0. The molecule has 0 heterocycles. The Kier molecular flexibility index (Phi) is 4.17. The number of nitrogens with one attached hydrogen (secondary N) is 1. The molecule has 5 nitrogen and oxygen atoms in total. The molecular weight excluding hydrogens is 228 g/mol. The van der Waals surface area contributed by atoms with E-state index in [1.165, 1.54) is 18.4 Å². The Balaban J connectivity index is 2.78. The predicted octanol–water partition coefficient (Wildman–Crippen LogP) is -0.290. The van der Waals surface area contributed by atoms with Crippen molar-refractivity contribution in [3.05, 3.63) is 29.8 Å². The van der Waals surface area contributed by atoms with Gasteiger partial charge in [-0.1, -0.05) is 17.7 Å². The van der Waals surface area contributed by atoms with E-state index in [0.29, 0.717) is 0 Å². The average Bonchev–Trinajstić information content (AvgIpc) is 2.26. The zero-order valence-electron chi connectivity index (χ0n) is 8.80. The molecule has 0 bridgehead atoms. The Bertz CT molecular complexity index is 453. The first-order chi connectivity index (χ1) is 7.45. The molecule has 1 unspecified atom stereocenters. The van der Waals surface area contributed by atoms with E-state index in [0.717, 1.165) is 5.56 Å². The summed E-state index contributed by atoms with van der Waals surface area (Å²) in [7, 11) is -3.59. The van der Waals surface area contributed by atoms with Crippen LogP contribution >= 0.6 is 0 Å². The molecule has 0 aliphatic heterocycles. The van der Waals surface area contributed by atoms with Crippen LogP contribution < -0.4 is 10.5 Å². The minimum absolute atomic E-state index is 0.149. The van der Waals surface area contributed by atoms with Crippen molar-refractivity contribution in [2.24, 2.45) is 5.73 Å². The first-order valence-electron chi connectivity index (χ1n) is 4.65. The monoisotopic (exact) mass is 241 g/mol. The van der Waals surface area contributed by atoms with E-state index in [4.69, 9.17) is 5.73 Å². The highest BCUT2D eigenvalue weighted by Crippen LogP contribution is 2.09. The molecule has 0 amide bonds. The van der Waals surface area contributed by atoms with Gasteiger partial charge in [0, 0.05) is 6.54 Å². The number of hydrogen-bond donors (Lipinski definition) is 2. The molecule has 6 heteroatoms. The number of hydrogen-bond acceptors (Lipinski definition) is 4. The fourth-order valence-corrected chi connectivity index (χ4v) is 2.10. The number of carbonyl (C=O) groups excluding carboxylic acids is 1. The molecule has 0 saturated carbocycles. The van der Waals surface area contributed by atoms with Crippen molar-refractivity contribution < 1.29 is 13.2 Å². The molecule has 3 N–H and O–H groups in total. The van der Waals surface area contributed by atoms with Crippen LogP contribution in [0.25, 0.3) is 0 Å². The van der Waals surface area contributed by atoms with Crippen molar-refractivity contribution in [3.63, 3.8) is 0 Å². The first kappa shape index (κ1) is 12.8. The fraction of sp³-hybridized carbons (Fsp3) is 0.300. The first-order valence-corrected chi connectivity index (χ1v) is 6.13. The zero-order valence-corrected chi connectivity index (χ0v) is 9.62. The van der Waals surface area contributed by atoms with Crippen LogP contribution in [0.4, 0.5) is 0 Å². The van der Waals surface area contributed by atoms with E-state index in [-0.39, 0.29) is 11.4 Å². The van der Waals surface area contributed by atoms with Gasteiger partial charge < -0.3 is 5.73 Å². The van der Waals surface area contributed by atoms with Crippen molar-refractivity contribution in [3.8, 4) is 0 Å². The molecule has 87 valence electrons. The summed E-state index contributed by atoms with van der Waals surface area (Å²) in [6, 6.07) is 5.43. The number of benzene rings is 1. The third-order valence-electron chi connectivity index (χ3n) is 1.98. The molecule has 1 rings (SSSR count). The van der Waals surface area contributed by atoms with Crippen molar-refractivity contribution in [2.75, 3.05) is 6.54 Å². The maximum absolute atomic E-state index is 11.7. The summed E-state index contributed by atoms with van der Waals surface area (Å²) in [6.45, 7) is 1.71.